The van der Waals surface area contributed by atoms with Crippen molar-refractivity contribution < 1.29 is 0 Å². The molecule has 0 amide bonds. The first kappa shape index (κ1) is 13.7. The molecule has 24 heavy (non-hydrogen) atoms. The van der Waals surface area contributed by atoms with Gasteiger partial charge in [-0.05, 0) is 47.9 Å². The van der Waals surface area contributed by atoms with Gasteiger partial charge >= 0.3 is 0 Å². The molecule has 0 radical (unpaired) electrons. The molecule has 0 fully saturated rings. The van der Waals surface area contributed by atoms with Gasteiger partial charge in [0, 0.05) is 17.2 Å². The summed E-state index contributed by atoms with van der Waals surface area (Å²) in [5, 5.41) is 2.59. The number of imidazole rings is 1. The van der Waals surface area contributed by atoms with Crippen LogP contribution >= 0.6 is 0 Å². The maximum atomic E-state index is 4.79. The molecule has 1 aliphatic rings. The first-order valence-corrected chi connectivity index (χ1v) is 8.38. The second-order valence-electron chi connectivity index (χ2n) is 7.28. The van der Waals surface area contributed by atoms with Crippen LogP contribution in [0.3, 0.4) is 0 Å². The summed E-state index contributed by atoms with van der Waals surface area (Å²) in [6.45, 7) is 8.96. The van der Waals surface area contributed by atoms with E-state index in [1.165, 1.54) is 33.2 Å². The summed E-state index contributed by atoms with van der Waals surface area (Å²) in [6, 6.07) is 12.9. The Hall–Kier alpha value is -2.68. The zero-order valence-corrected chi connectivity index (χ0v) is 14.4. The lowest BCUT2D eigenvalue weighted by Crippen LogP contribution is -2.29. The summed E-state index contributed by atoms with van der Waals surface area (Å²) in [5.41, 5.74) is 7.17. The van der Waals surface area contributed by atoms with Crippen molar-refractivity contribution in [3.05, 3.63) is 65.1 Å². The van der Waals surface area contributed by atoms with Gasteiger partial charge in [-0.1, -0.05) is 38.1 Å². The molecule has 0 saturated carbocycles. The van der Waals surface area contributed by atoms with Crippen molar-refractivity contribution in [2.75, 3.05) is 0 Å². The highest BCUT2D eigenvalue weighted by Gasteiger charge is 2.38. The highest BCUT2D eigenvalue weighted by molar-refractivity contribution is 5.93. The fourth-order valence-corrected chi connectivity index (χ4v) is 4.66. The predicted molar refractivity (Wildman–Crippen MR) is 97.5 cm³/mol. The largest absolute Gasteiger partial charge is 0.280 e. The highest BCUT2D eigenvalue weighted by atomic mass is 15.1. The molecule has 0 spiro atoms. The van der Waals surface area contributed by atoms with E-state index in [-0.39, 0.29) is 5.41 Å². The third-order valence-electron chi connectivity index (χ3n) is 5.48. The Balaban J connectivity index is 2.07. The molecule has 0 saturated heterocycles. The summed E-state index contributed by atoms with van der Waals surface area (Å²) in [4.78, 5) is 9.51. The van der Waals surface area contributed by atoms with E-state index in [4.69, 9.17) is 9.97 Å². The van der Waals surface area contributed by atoms with E-state index in [0.29, 0.717) is 0 Å². The summed E-state index contributed by atoms with van der Waals surface area (Å²) >= 11 is 0. The SMILES string of the molecule is Cc1nc2ccnc3n2c1C(C)(C)c1c-3cc2ccccc2c1C. The van der Waals surface area contributed by atoms with Gasteiger partial charge in [0.15, 0.2) is 0 Å². The van der Waals surface area contributed by atoms with Gasteiger partial charge in [-0.3, -0.25) is 4.40 Å². The molecule has 2 aromatic heterocycles. The van der Waals surface area contributed by atoms with E-state index in [2.05, 4.69) is 62.4 Å². The van der Waals surface area contributed by atoms with Gasteiger partial charge in [0.2, 0.25) is 0 Å². The molecule has 5 rings (SSSR count). The maximum Gasteiger partial charge on any atom is 0.146 e. The minimum absolute atomic E-state index is 0.108. The molecule has 0 N–H and O–H groups in total. The molecular formula is C21H19N3. The minimum atomic E-state index is -0.108. The first-order chi connectivity index (χ1) is 11.5. The third kappa shape index (κ3) is 1.47. The van der Waals surface area contributed by atoms with Gasteiger partial charge in [0.1, 0.15) is 11.5 Å². The quantitative estimate of drug-likeness (QED) is 0.466. The van der Waals surface area contributed by atoms with Crippen LogP contribution in [0.25, 0.3) is 27.8 Å². The van der Waals surface area contributed by atoms with Crippen LogP contribution in [0.15, 0.2) is 42.6 Å². The lowest BCUT2D eigenvalue weighted by molar-refractivity contribution is 0.591. The molecule has 0 atom stereocenters. The topological polar surface area (TPSA) is 30.2 Å². The number of nitrogens with zero attached hydrogens (tertiary/aromatic N) is 3. The third-order valence-corrected chi connectivity index (χ3v) is 5.48. The summed E-state index contributed by atoms with van der Waals surface area (Å²) in [7, 11) is 0. The molecule has 118 valence electrons. The summed E-state index contributed by atoms with van der Waals surface area (Å²) in [6.07, 6.45) is 1.87. The Bertz CT molecular complexity index is 1150. The molecular weight excluding hydrogens is 294 g/mol. The smallest absolute Gasteiger partial charge is 0.146 e. The van der Waals surface area contributed by atoms with E-state index < -0.39 is 0 Å². The molecule has 2 aromatic carbocycles. The maximum absolute atomic E-state index is 4.79. The van der Waals surface area contributed by atoms with Crippen LogP contribution in [-0.2, 0) is 5.41 Å². The van der Waals surface area contributed by atoms with Gasteiger partial charge in [-0.25, -0.2) is 9.97 Å². The van der Waals surface area contributed by atoms with Gasteiger partial charge in [-0.15, -0.1) is 0 Å². The normalized spacial score (nSPS) is 15.0. The number of benzene rings is 2. The Kier molecular flexibility index (Phi) is 2.42. The highest BCUT2D eigenvalue weighted by Crippen LogP contribution is 2.47. The molecule has 3 heteroatoms. The standard InChI is InChI=1S/C21H19N3/c1-12-15-8-6-5-7-14(15)11-16-18(12)21(3,4)19-13(2)23-17-9-10-22-20(16)24(17)19/h5-11H,1-4H3. The van der Waals surface area contributed by atoms with E-state index in [1.807, 2.05) is 12.3 Å². The van der Waals surface area contributed by atoms with Crippen molar-refractivity contribution in [1.82, 2.24) is 14.4 Å². The van der Waals surface area contributed by atoms with Crippen LogP contribution < -0.4 is 0 Å². The van der Waals surface area contributed by atoms with E-state index in [1.54, 1.807) is 0 Å². The van der Waals surface area contributed by atoms with Crippen molar-refractivity contribution in [1.29, 1.82) is 0 Å². The monoisotopic (exact) mass is 313 g/mol. The Morgan fingerprint density at radius 1 is 1.04 bits per heavy atom. The lowest BCUT2D eigenvalue weighted by atomic mass is 9.73. The van der Waals surface area contributed by atoms with Crippen LogP contribution in [-0.4, -0.2) is 14.4 Å². The number of fused-ring (bicyclic) bond motifs is 3. The first-order valence-electron chi connectivity index (χ1n) is 8.38. The molecule has 3 heterocycles. The molecule has 0 unspecified atom stereocenters. The molecule has 1 aliphatic heterocycles. The van der Waals surface area contributed by atoms with E-state index >= 15 is 0 Å². The van der Waals surface area contributed by atoms with Crippen LogP contribution in [0.4, 0.5) is 0 Å². The second-order valence-corrected chi connectivity index (χ2v) is 7.28. The van der Waals surface area contributed by atoms with Crippen LogP contribution in [0.1, 0.15) is 36.4 Å². The van der Waals surface area contributed by atoms with Crippen molar-refractivity contribution in [3.8, 4) is 11.4 Å². The van der Waals surface area contributed by atoms with Crippen molar-refractivity contribution in [3.63, 3.8) is 0 Å². The van der Waals surface area contributed by atoms with E-state index in [0.717, 1.165) is 17.2 Å². The van der Waals surface area contributed by atoms with E-state index in [9.17, 15) is 0 Å². The van der Waals surface area contributed by atoms with Crippen LogP contribution in [0, 0.1) is 13.8 Å². The molecule has 0 bridgehead atoms. The fourth-order valence-electron chi connectivity index (χ4n) is 4.66. The van der Waals surface area contributed by atoms with Gasteiger partial charge in [0.05, 0.1) is 11.4 Å². The average molecular weight is 313 g/mol. The Labute approximate surface area is 141 Å². The van der Waals surface area contributed by atoms with Gasteiger partial charge in [0.25, 0.3) is 0 Å². The van der Waals surface area contributed by atoms with Gasteiger partial charge < -0.3 is 0 Å². The van der Waals surface area contributed by atoms with Crippen molar-refractivity contribution >= 4 is 16.4 Å². The minimum Gasteiger partial charge on any atom is -0.280 e. The lowest BCUT2D eigenvalue weighted by Gasteiger charge is -2.35. The zero-order chi connectivity index (χ0) is 16.6. The Morgan fingerprint density at radius 3 is 2.67 bits per heavy atom. The number of aryl methyl sites for hydroxylation is 2. The van der Waals surface area contributed by atoms with Gasteiger partial charge in [-0.2, -0.15) is 0 Å². The van der Waals surface area contributed by atoms with Crippen molar-refractivity contribution in [2.24, 2.45) is 0 Å². The van der Waals surface area contributed by atoms with Crippen LogP contribution in [0.5, 0.6) is 0 Å². The number of hydrogen-bond donors (Lipinski definition) is 0. The summed E-state index contributed by atoms with van der Waals surface area (Å²) in [5.74, 6) is 1.01. The number of aromatic nitrogens is 3. The predicted octanol–water partition coefficient (Wildman–Crippen LogP) is 4.81. The number of rotatable bonds is 0. The molecule has 0 aliphatic carbocycles. The van der Waals surface area contributed by atoms with Crippen LogP contribution in [0.2, 0.25) is 0 Å². The Morgan fingerprint density at radius 2 is 1.83 bits per heavy atom. The zero-order valence-electron chi connectivity index (χ0n) is 14.4. The molecule has 4 aromatic rings. The fraction of sp³-hybridized carbons (Fsp3) is 0.238. The average Bonchev–Trinajstić information content (AvgIpc) is 2.90. The second kappa shape index (κ2) is 4.23. The summed E-state index contributed by atoms with van der Waals surface area (Å²) < 4.78 is 2.24. The molecule has 3 nitrogen and oxygen atoms in total. The van der Waals surface area contributed by atoms with Crippen molar-refractivity contribution in [2.45, 2.75) is 33.1 Å². The number of hydrogen-bond acceptors (Lipinski definition) is 2.